The van der Waals surface area contributed by atoms with E-state index in [1.807, 2.05) is 6.92 Å². The minimum Gasteiger partial charge on any atom is -0.479 e. The maximum atomic E-state index is 5.68. The van der Waals surface area contributed by atoms with E-state index >= 15 is 0 Å². The second-order valence-corrected chi connectivity index (χ2v) is 9.77. The van der Waals surface area contributed by atoms with Gasteiger partial charge in [0.15, 0.2) is 5.90 Å². The van der Waals surface area contributed by atoms with E-state index in [1.54, 1.807) is 0 Å². The standard InChI is InChI=1S/C28H24NOP/c1-21-29-27(20-30-21)25-17-9-8-16-24(25)26-18-10-11-19-28(26)31(22-12-4-2-5-13-22)23-14-6-3-7-15-23/h2-19,27H,20H2,1H3/t27-/m1/s1. The van der Waals surface area contributed by atoms with Crippen molar-refractivity contribution in [3.05, 3.63) is 115 Å². The van der Waals surface area contributed by atoms with Crippen LogP contribution in [-0.4, -0.2) is 12.5 Å². The minimum atomic E-state index is -0.691. The molecule has 1 aliphatic rings. The van der Waals surface area contributed by atoms with Crippen LogP contribution in [-0.2, 0) is 4.74 Å². The van der Waals surface area contributed by atoms with Crippen molar-refractivity contribution in [2.75, 3.05) is 6.61 Å². The number of rotatable bonds is 5. The third kappa shape index (κ3) is 4.04. The van der Waals surface area contributed by atoms with Crippen LogP contribution in [0.1, 0.15) is 18.5 Å². The summed E-state index contributed by atoms with van der Waals surface area (Å²) in [5.74, 6) is 0.768. The summed E-state index contributed by atoms with van der Waals surface area (Å²) in [4.78, 5) is 4.74. The Bertz CT molecular complexity index is 1160. The normalized spacial score (nSPS) is 15.5. The summed E-state index contributed by atoms with van der Waals surface area (Å²) in [5, 5.41) is 4.07. The Morgan fingerprint density at radius 3 is 1.84 bits per heavy atom. The van der Waals surface area contributed by atoms with Crippen LogP contribution in [0.25, 0.3) is 11.1 Å². The Kier molecular flexibility index (Phi) is 5.65. The van der Waals surface area contributed by atoms with E-state index < -0.39 is 7.92 Å². The molecule has 0 saturated heterocycles. The summed E-state index contributed by atoms with van der Waals surface area (Å²) in [6.45, 7) is 2.54. The molecule has 2 nitrogen and oxygen atoms in total. The summed E-state index contributed by atoms with van der Waals surface area (Å²) >= 11 is 0. The Balaban J connectivity index is 1.70. The molecule has 1 aliphatic heterocycles. The number of aliphatic imine (C=N–C) groups is 1. The topological polar surface area (TPSA) is 21.6 Å². The lowest BCUT2D eigenvalue weighted by atomic mass is 9.95. The van der Waals surface area contributed by atoms with Crippen molar-refractivity contribution in [1.29, 1.82) is 0 Å². The number of hydrogen-bond donors (Lipinski definition) is 0. The number of hydrogen-bond acceptors (Lipinski definition) is 2. The molecular formula is C28H24NOP. The lowest BCUT2D eigenvalue weighted by Crippen LogP contribution is -2.22. The molecule has 0 unspecified atom stereocenters. The molecule has 1 atom stereocenters. The van der Waals surface area contributed by atoms with Gasteiger partial charge in [0, 0.05) is 6.92 Å². The van der Waals surface area contributed by atoms with Crippen LogP contribution in [0.2, 0.25) is 0 Å². The summed E-state index contributed by atoms with van der Waals surface area (Å²) < 4.78 is 5.68. The molecule has 0 radical (unpaired) electrons. The van der Waals surface area contributed by atoms with Crippen molar-refractivity contribution < 1.29 is 4.74 Å². The summed E-state index contributed by atoms with van der Waals surface area (Å²) in [6.07, 6.45) is 0. The Morgan fingerprint density at radius 1 is 0.677 bits per heavy atom. The van der Waals surface area contributed by atoms with Crippen LogP contribution in [0.15, 0.2) is 114 Å². The Hall–Kier alpha value is -3.22. The molecule has 0 saturated carbocycles. The molecule has 4 aromatic carbocycles. The molecule has 0 N–H and O–H groups in total. The van der Waals surface area contributed by atoms with E-state index in [4.69, 9.17) is 9.73 Å². The largest absolute Gasteiger partial charge is 0.479 e. The van der Waals surface area contributed by atoms with Crippen LogP contribution in [0.5, 0.6) is 0 Å². The van der Waals surface area contributed by atoms with Crippen LogP contribution in [0, 0.1) is 0 Å². The van der Waals surface area contributed by atoms with Gasteiger partial charge in [0.05, 0.1) is 0 Å². The fourth-order valence-corrected chi connectivity index (χ4v) is 6.63. The van der Waals surface area contributed by atoms with Crippen LogP contribution < -0.4 is 15.9 Å². The highest BCUT2D eigenvalue weighted by Gasteiger charge is 2.25. The maximum Gasteiger partial charge on any atom is 0.180 e. The van der Waals surface area contributed by atoms with Crippen molar-refractivity contribution in [1.82, 2.24) is 0 Å². The highest BCUT2D eigenvalue weighted by molar-refractivity contribution is 7.80. The molecule has 5 rings (SSSR count). The van der Waals surface area contributed by atoms with Gasteiger partial charge in [-0.15, -0.1) is 0 Å². The fraction of sp³-hybridized carbons (Fsp3) is 0.107. The number of nitrogens with zero attached hydrogens (tertiary/aromatic N) is 1. The summed E-state index contributed by atoms with van der Waals surface area (Å²) in [6, 6.07) is 39.2. The van der Waals surface area contributed by atoms with Gasteiger partial charge < -0.3 is 4.74 Å². The first-order chi connectivity index (χ1) is 15.3. The summed E-state index contributed by atoms with van der Waals surface area (Å²) in [5.41, 5.74) is 3.74. The van der Waals surface area contributed by atoms with E-state index in [0.717, 1.165) is 5.90 Å². The first-order valence-corrected chi connectivity index (χ1v) is 11.9. The SMILES string of the molecule is CC1=N[C@@H](c2ccccc2-c2ccccc2P(c2ccccc2)c2ccccc2)CO1. The Morgan fingerprint density at radius 2 is 1.23 bits per heavy atom. The zero-order valence-electron chi connectivity index (χ0n) is 17.5. The highest BCUT2D eigenvalue weighted by atomic mass is 31.1. The molecule has 3 heteroatoms. The molecule has 0 bridgehead atoms. The average Bonchev–Trinajstić information content (AvgIpc) is 3.27. The second-order valence-electron chi connectivity index (χ2n) is 7.59. The molecule has 152 valence electrons. The van der Waals surface area contributed by atoms with E-state index in [2.05, 4.69) is 109 Å². The third-order valence-corrected chi connectivity index (χ3v) is 8.07. The van der Waals surface area contributed by atoms with Crippen molar-refractivity contribution in [3.8, 4) is 11.1 Å². The van der Waals surface area contributed by atoms with Gasteiger partial charge in [0.25, 0.3) is 0 Å². The summed E-state index contributed by atoms with van der Waals surface area (Å²) in [7, 11) is -0.691. The van der Waals surface area contributed by atoms with Crippen molar-refractivity contribution in [2.45, 2.75) is 13.0 Å². The molecule has 31 heavy (non-hydrogen) atoms. The molecule has 1 heterocycles. The third-order valence-electron chi connectivity index (χ3n) is 5.57. The average molecular weight is 421 g/mol. The Labute approximate surface area is 185 Å². The maximum absolute atomic E-state index is 5.68. The highest BCUT2D eigenvalue weighted by Crippen LogP contribution is 2.39. The van der Waals surface area contributed by atoms with E-state index in [0.29, 0.717) is 6.61 Å². The quantitative estimate of drug-likeness (QED) is 0.384. The van der Waals surface area contributed by atoms with Crippen molar-refractivity contribution >= 4 is 29.7 Å². The van der Waals surface area contributed by atoms with Gasteiger partial charge in [-0.2, -0.15) is 0 Å². The van der Waals surface area contributed by atoms with Crippen LogP contribution in [0.4, 0.5) is 0 Å². The molecule has 0 aromatic heterocycles. The van der Waals surface area contributed by atoms with E-state index in [-0.39, 0.29) is 6.04 Å². The first-order valence-electron chi connectivity index (χ1n) is 10.6. The minimum absolute atomic E-state index is 0.0453. The van der Waals surface area contributed by atoms with Crippen LogP contribution >= 0.6 is 7.92 Å². The number of benzene rings is 4. The van der Waals surface area contributed by atoms with E-state index in [1.165, 1.54) is 32.6 Å². The smallest absolute Gasteiger partial charge is 0.180 e. The fourth-order valence-electron chi connectivity index (χ4n) is 4.16. The zero-order valence-corrected chi connectivity index (χ0v) is 18.4. The van der Waals surface area contributed by atoms with Gasteiger partial charge in [-0.05, 0) is 40.5 Å². The predicted molar refractivity (Wildman–Crippen MR) is 132 cm³/mol. The van der Waals surface area contributed by atoms with Crippen molar-refractivity contribution in [3.63, 3.8) is 0 Å². The number of ether oxygens (including phenoxy) is 1. The van der Waals surface area contributed by atoms with Gasteiger partial charge >= 0.3 is 0 Å². The van der Waals surface area contributed by atoms with E-state index in [9.17, 15) is 0 Å². The molecular weight excluding hydrogens is 397 g/mol. The van der Waals surface area contributed by atoms with Gasteiger partial charge in [-0.25, -0.2) is 4.99 Å². The van der Waals surface area contributed by atoms with Gasteiger partial charge in [-0.3, -0.25) is 0 Å². The predicted octanol–water partition coefficient (Wildman–Crippen LogP) is 5.60. The molecule has 0 amide bonds. The van der Waals surface area contributed by atoms with Crippen LogP contribution in [0.3, 0.4) is 0 Å². The van der Waals surface area contributed by atoms with Crippen molar-refractivity contribution in [2.24, 2.45) is 4.99 Å². The monoisotopic (exact) mass is 421 g/mol. The van der Waals surface area contributed by atoms with Gasteiger partial charge in [-0.1, -0.05) is 109 Å². The van der Waals surface area contributed by atoms with Gasteiger partial charge in [0.2, 0.25) is 0 Å². The van der Waals surface area contributed by atoms with Gasteiger partial charge in [0.1, 0.15) is 12.6 Å². The molecule has 0 aliphatic carbocycles. The molecule has 0 spiro atoms. The molecule has 0 fully saturated rings. The lowest BCUT2D eigenvalue weighted by molar-refractivity contribution is 0.317. The lowest BCUT2D eigenvalue weighted by Gasteiger charge is -2.24. The molecule has 4 aromatic rings. The zero-order chi connectivity index (χ0) is 21.0. The second kappa shape index (κ2) is 8.88. The first kappa shape index (κ1) is 19.7.